The molecule has 0 atom stereocenters. The summed E-state index contributed by atoms with van der Waals surface area (Å²) in [6, 6.07) is 17.6. The van der Waals surface area contributed by atoms with Crippen molar-refractivity contribution in [3.05, 3.63) is 71.5 Å². The maximum atomic E-state index is 13.1. The van der Waals surface area contributed by atoms with E-state index < -0.39 is 5.82 Å². The predicted octanol–water partition coefficient (Wildman–Crippen LogP) is 5.41. The smallest absolute Gasteiger partial charge is 0.277 e. The number of benzene rings is 3. The van der Waals surface area contributed by atoms with E-state index in [9.17, 15) is 9.18 Å². The topological polar surface area (TPSA) is 68.0 Å². The van der Waals surface area contributed by atoms with E-state index in [2.05, 4.69) is 15.5 Å². The van der Waals surface area contributed by atoms with Gasteiger partial charge in [-0.2, -0.15) is 0 Å². The van der Waals surface area contributed by atoms with Crippen LogP contribution >= 0.6 is 23.4 Å². The molecule has 5 nitrogen and oxygen atoms in total. The molecule has 0 fully saturated rings. The highest BCUT2D eigenvalue weighted by Crippen LogP contribution is 2.27. The van der Waals surface area contributed by atoms with Gasteiger partial charge in [0.1, 0.15) is 5.82 Å². The summed E-state index contributed by atoms with van der Waals surface area (Å²) in [7, 11) is 0. The lowest BCUT2D eigenvalue weighted by atomic mass is 10.1. The molecule has 0 aliphatic heterocycles. The third kappa shape index (κ3) is 4.16. The number of fused-ring (bicyclic) bond motifs is 1. The van der Waals surface area contributed by atoms with Gasteiger partial charge in [0, 0.05) is 5.56 Å². The van der Waals surface area contributed by atoms with E-state index >= 15 is 0 Å². The van der Waals surface area contributed by atoms with Gasteiger partial charge in [0.15, 0.2) is 0 Å². The Labute approximate surface area is 168 Å². The molecule has 140 valence electrons. The van der Waals surface area contributed by atoms with Gasteiger partial charge in [0.05, 0.1) is 16.5 Å². The molecule has 4 aromatic rings. The monoisotopic (exact) mass is 413 g/mol. The highest BCUT2D eigenvalue weighted by molar-refractivity contribution is 7.99. The van der Waals surface area contributed by atoms with Crippen LogP contribution in [0.4, 0.5) is 10.1 Å². The third-order valence-electron chi connectivity index (χ3n) is 3.93. The summed E-state index contributed by atoms with van der Waals surface area (Å²) in [5.74, 6) is -0.351. The van der Waals surface area contributed by atoms with Gasteiger partial charge in [-0.1, -0.05) is 53.7 Å². The van der Waals surface area contributed by atoms with E-state index in [1.807, 2.05) is 42.5 Å². The van der Waals surface area contributed by atoms with Crippen molar-refractivity contribution in [2.75, 3.05) is 11.1 Å². The van der Waals surface area contributed by atoms with Crippen LogP contribution in [0, 0.1) is 5.82 Å². The van der Waals surface area contributed by atoms with Crippen LogP contribution in [0.2, 0.25) is 5.02 Å². The molecule has 0 radical (unpaired) electrons. The number of carbonyl (C=O) groups is 1. The van der Waals surface area contributed by atoms with Crippen molar-refractivity contribution < 1.29 is 13.6 Å². The third-order valence-corrected chi connectivity index (χ3v) is 5.07. The lowest BCUT2D eigenvalue weighted by Gasteiger charge is -2.06. The number of nitrogens with one attached hydrogen (secondary N) is 1. The molecular formula is C20H13ClFN3O2S. The molecule has 0 saturated heterocycles. The Balaban J connectivity index is 1.40. The largest absolute Gasteiger partial charge is 0.411 e. The fourth-order valence-electron chi connectivity index (χ4n) is 2.61. The zero-order chi connectivity index (χ0) is 19.5. The zero-order valence-corrected chi connectivity index (χ0v) is 15.9. The Morgan fingerprint density at radius 1 is 1.07 bits per heavy atom. The number of nitrogens with zero attached hydrogens (tertiary/aromatic N) is 2. The van der Waals surface area contributed by atoms with Crippen LogP contribution in [0.25, 0.3) is 22.2 Å². The Bertz CT molecular complexity index is 1170. The first-order valence-electron chi connectivity index (χ1n) is 8.29. The fraction of sp³-hybridized carbons (Fsp3) is 0.0500. The van der Waals surface area contributed by atoms with Crippen LogP contribution in [0.5, 0.6) is 0 Å². The second kappa shape index (κ2) is 8.00. The molecule has 0 aliphatic rings. The molecule has 28 heavy (non-hydrogen) atoms. The van der Waals surface area contributed by atoms with Crippen molar-refractivity contribution in [3.8, 4) is 11.5 Å². The highest BCUT2D eigenvalue weighted by atomic mass is 35.5. The number of carbonyl (C=O) groups excluding carboxylic acids is 1. The first-order chi connectivity index (χ1) is 13.6. The second-order valence-electron chi connectivity index (χ2n) is 5.90. The molecule has 3 aromatic carbocycles. The number of hydrogen-bond acceptors (Lipinski definition) is 5. The number of hydrogen-bond donors (Lipinski definition) is 1. The summed E-state index contributed by atoms with van der Waals surface area (Å²) in [4.78, 5) is 12.1. The number of rotatable bonds is 5. The van der Waals surface area contributed by atoms with E-state index in [1.165, 1.54) is 12.1 Å². The van der Waals surface area contributed by atoms with Crippen LogP contribution in [0.3, 0.4) is 0 Å². The van der Waals surface area contributed by atoms with Gasteiger partial charge >= 0.3 is 0 Å². The average Bonchev–Trinajstić information content (AvgIpc) is 3.17. The summed E-state index contributed by atoms with van der Waals surface area (Å²) in [5, 5.41) is 13.2. The van der Waals surface area contributed by atoms with Gasteiger partial charge in [-0.15, -0.1) is 10.2 Å². The fourth-order valence-corrected chi connectivity index (χ4v) is 3.39. The molecule has 1 heterocycles. The number of aromatic nitrogens is 2. The van der Waals surface area contributed by atoms with E-state index in [1.54, 1.807) is 0 Å². The van der Waals surface area contributed by atoms with E-state index in [4.69, 9.17) is 16.0 Å². The van der Waals surface area contributed by atoms with Crippen LogP contribution in [0.15, 0.2) is 70.3 Å². The van der Waals surface area contributed by atoms with Gasteiger partial charge in [0.25, 0.3) is 5.22 Å². The standard InChI is InChI=1S/C20H13ClFN3O2S/c21-16-10-15(22)7-8-17(16)23-18(26)11-28-20-25-24-19(27-20)14-6-5-12-3-1-2-4-13(12)9-14/h1-10H,11H2,(H,23,26). The molecule has 0 bridgehead atoms. The van der Waals surface area contributed by atoms with Gasteiger partial charge in [0.2, 0.25) is 11.8 Å². The molecule has 0 saturated carbocycles. The molecule has 1 aromatic heterocycles. The Morgan fingerprint density at radius 2 is 1.89 bits per heavy atom. The number of anilines is 1. The average molecular weight is 414 g/mol. The summed E-state index contributed by atoms with van der Waals surface area (Å²) in [6.45, 7) is 0. The van der Waals surface area contributed by atoms with E-state index in [-0.39, 0.29) is 21.9 Å². The minimum absolute atomic E-state index is 0.0487. The SMILES string of the molecule is O=C(CSc1nnc(-c2ccc3ccccc3c2)o1)Nc1ccc(F)cc1Cl. The van der Waals surface area contributed by atoms with Crippen LogP contribution < -0.4 is 5.32 Å². The van der Waals surface area contributed by atoms with Crippen molar-refractivity contribution >= 4 is 45.7 Å². The number of halogens is 2. The summed E-state index contributed by atoms with van der Waals surface area (Å²) in [6.07, 6.45) is 0. The van der Waals surface area contributed by atoms with Gasteiger partial charge in [-0.25, -0.2) is 4.39 Å². The normalized spacial score (nSPS) is 10.9. The molecule has 4 rings (SSSR count). The Hall–Kier alpha value is -2.90. The molecular weight excluding hydrogens is 401 g/mol. The molecule has 1 N–H and O–H groups in total. The molecule has 0 aliphatic carbocycles. The van der Waals surface area contributed by atoms with E-state index in [0.29, 0.717) is 11.6 Å². The molecule has 1 amide bonds. The summed E-state index contributed by atoms with van der Waals surface area (Å²) in [5.41, 5.74) is 1.15. The minimum atomic E-state index is -0.468. The Kier molecular flexibility index (Phi) is 5.27. The van der Waals surface area contributed by atoms with Crippen molar-refractivity contribution in [2.45, 2.75) is 5.22 Å². The Morgan fingerprint density at radius 3 is 2.71 bits per heavy atom. The maximum absolute atomic E-state index is 13.1. The van der Waals surface area contributed by atoms with Gasteiger partial charge < -0.3 is 9.73 Å². The maximum Gasteiger partial charge on any atom is 0.277 e. The van der Waals surface area contributed by atoms with Crippen molar-refractivity contribution in [1.82, 2.24) is 10.2 Å². The molecule has 0 unspecified atom stereocenters. The van der Waals surface area contributed by atoms with Crippen LogP contribution in [-0.2, 0) is 4.79 Å². The molecule has 0 spiro atoms. The summed E-state index contributed by atoms with van der Waals surface area (Å²) < 4.78 is 18.7. The number of amides is 1. The highest BCUT2D eigenvalue weighted by Gasteiger charge is 2.13. The molecule has 8 heteroatoms. The second-order valence-corrected chi connectivity index (χ2v) is 7.23. The predicted molar refractivity (Wildman–Crippen MR) is 108 cm³/mol. The lowest BCUT2D eigenvalue weighted by molar-refractivity contribution is -0.113. The quantitative estimate of drug-likeness (QED) is 0.443. The van der Waals surface area contributed by atoms with Crippen molar-refractivity contribution in [2.24, 2.45) is 0 Å². The summed E-state index contributed by atoms with van der Waals surface area (Å²) >= 11 is 7.01. The van der Waals surface area contributed by atoms with Gasteiger partial charge in [-0.05, 0) is 41.1 Å². The first-order valence-corrected chi connectivity index (χ1v) is 9.65. The zero-order valence-electron chi connectivity index (χ0n) is 14.4. The van der Waals surface area contributed by atoms with Gasteiger partial charge in [-0.3, -0.25) is 4.79 Å². The van der Waals surface area contributed by atoms with E-state index in [0.717, 1.165) is 34.2 Å². The first kappa shape index (κ1) is 18.5. The van der Waals surface area contributed by atoms with Crippen molar-refractivity contribution in [3.63, 3.8) is 0 Å². The van der Waals surface area contributed by atoms with Crippen molar-refractivity contribution in [1.29, 1.82) is 0 Å². The van der Waals surface area contributed by atoms with Crippen LogP contribution in [-0.4, -0.2) is 21.9 Å². The minimum Gasteiger partial charge on any atom is -0.411 e. The number of thioether (sulfide) groups is 1. The lowest BCUT2D eigenvalue weighted by Crippen LogP contribution is -2.14. The van der Waals surface area contributed by atoms with Crippen LogP contribution in [0.1, 0.15) is 0 Å².